The van der Waals surface area contributed by atoms with Gasteiger partial charge in [0.1, 0.15) is 0 Å². The fourth-order valence-corrected chi connectivity index (χ4v) is 1.27. The topological polar surface area (TPSA) is 26.0 Å². The van der Waals surface area contributed by atoms with Gasteiger partial charge >= 0.3 is 0 Å². The summed E-state index contributed by atoms with van der Waals surface area (Å²) < 4.78 is 0. The summed E-state index contributed by atoms with van der Waals surface area (Å²) in [4.78, 5) is 0. The van der Waals surface area contributed by atoms with Crippen LogP contribution >= 0.6 is 11.6 Å². The van der Waals surface area contributed by atoms with Crippen LogP contribution in [0.3, 0.4) is 0 Å². The molecule has 0 unspecified atom stereocenters. The Hall–Kier alpha value is -0.950. The number of rotatable bonds is 2. The molecule has 1 aromatic carbocycles. The van der Waals surface area contributed by atoms with Crippen molar-refractivity contribution in [2.75, 3.05) is 5.73 Å². The van der Waals surface area contributed by atoms with E-state index < -0.39 is 0 Å². The summed E-state index contributed by atoms with van der Waals surface area (Å²) in [5.74, 6) is 0. The lowest BCUT2D eigenvalue weighted by atomic mass is 10.1. The number of benzene rings is 1. The Morgan fingerprint density at radius 2 is 2.15 bits per heavy atom. The van der Waals surface area contributed by atoms with E-state index in [4.69, 9.17) is 17.3 Å². The monoisotopic (exact) mass is 195 g/mol. The van der Waals surface area contributed by atoms with Crippen molar-refractivity contribution in [1.29, 1.82) is 0 Å². The summed E-state index contributed by atoms with van der Waals surface area (Å²) in [6.07, 6.45) is 3.00. The third kappa shape index (κ3) is 2.78. The Balaban J connectivity index is 2.89. The Bertz CT molecular complexity index is 325. The standard InChI is InChI=1S/C11H14ClN/c1-8(2)6-7-9-4-3-5-10(12)11(9)13/h3-6H,7,13H2,1-2H3. The SMILES string of the molecule is CC(C)=CCc1cccc(Cl)c1N. The average Bonchev–Trinajstić information content (AvgIpc) is 2.07. The van der Waals surface area contributed by atoms with Gasteiger partial charge in [-0.1, -0.05) is 35.4 Å². The number of hydrogen-bond acceptors (Lipinski definition) is 1. The third-order valence-electron chi connectivity index (χ3n) is 1.87. The van der Waals surface area contributed by atoms with Crippen LogP contribution < -0.4 is 5.73 Å². The smallest absolute Gasteiger partial charge is 0.0638 e. The van der Waals surface area contributed by atoms with Gasteiger partial charge < -0.3 is 5.73 Å². The van der Waals surface area contributed by atoms with Crippen LogP contribution in [0.25, 0.3) is 0 Å². The summed E-state index contributed by atoms with van der Waals surface area (Å²) >= 11 is 5.88. The number of para-hydroxylation sites is 1. The molecule has 0 saturated carbocycles. The van der Waals surface area contributed by atoms with Gasteiger partial charge in [-0.3, -0.25) is 0 Å². The van der Waals surface area contributed by atoms with Gasteiger partial charge in [0.05, 0.1) is 10.7 Å². The van der Waals surface area contributed by atoms with Crippen LogP contribution in [0.1, 0.15) is 19.4 Å². The van der Waals surface area contributed by atoms with Crippen LogP contribution in [0, 0.1) is 0 Å². The Kier molecular flexibility index (Phi) is 3.38. The molecule has 0 bridgehead atoms. The van der Waals surface area contributed by atoms with E-state index in [1.807, 2.05) is 18.2 Å². The zero-order chi connectivity index (χ0) is 9.84. The highest BCUT2D eigenvalue weighted by atomic mass is 35.5. The van der Waals surface area contributed by atoms with Crippen LogP contribution in [0.4, 0.5) is 5.69 Å². The molecule has 0 saturated heterocycles. The van der Waals surface area contributed by atoms with E-state index in [1.165, 1.54) is 5.57 Å². The van der Waals surface area contributed by atoms with Gasteiger partial charge in [-0.05, 0) is 31.9 Å². The molecule has 0 spiro atoms. The van der Waals surface area contributed by atoms with Crippen molar-refractivity contribution >= 4 is 17.3 Å². The predicted molar refractivity (Wildman–Crippen MR) is 59.0 cm³/mol. The molecule has 13 heavy (non-hydrogen) atoms. The van der Waals surface area contributed by atoms with Gasteiger partial charge in [-0.2, -0.15) is 0 Å². The summed E-state index contributed by atoms with van der Waals surface area (Å²) in [6.45, 7) is 4.14. The van der Waals surface area contributed by atoms with Crippen LogP contribution in [0.2, 0.25) is 5.02 Å². The second kappa shape index (κ2) is 4.33. The molecule has 0 aromatic heterocycles. The zero-order valence-corrected chi connectivity index (χ0v) is 8.73. The number of nitrogen functional groups attached to an aromatic ring is 1. The molecular weight excluding hydrogens is 182 g/mol. The van der Waals surface area contributed by atoms with Gasteiger partial charge in [0, 0.05) is 0 Å². The summed E-state index contributed by atoms with van der Waals surface area (Å²) in [6, 6.07) is 5.73. The number of nitrogens with two attached hydrogens (primary N) is 1. The molecule has 2 heteroatoms. The highest BCUT2D eigenvalue weighted by Gasteiger charge is 2.00. The van der Waals surface area contributed by atoms with E-state index in [0.717, 1.165) is 12.0 Å². The minimum Gasteiger partial charge on any atom is -0.397 e. The van der Waals surface area contributed by atoms with Crippen LogP contribution in [0.5, 0.6) is 0 Å². The normalized spacial score (nSPS) is 9.77. The highest BCUT2D eigenvalue weighted by molar-refractivity contribution is 6.33. The number of halogens is 1. The molecule has 1 nitrogen and oxygen atoms in total. The van der Waals surface area contributed by atoms with E-state index in [9.17, 15) is 0 Å². The minimum atomic E-state index is 0.639. The predicted octanol–water partition coefficient (Wildman–Crippen LogP) is 3.43. The second-order valence-corrected chi connectivity index (χ2v) is 3.71. The first kappa shape index (κ1) is 10.1. The molecular formula is C11H14ClN. The fraction of sp³-hybridized carbons (Fsp3) is 0.273. The molecule has 0 atom stereocenters. The molecule has 0 aliphatic heterocycles. The molecule has 0 aliphatic rings. The lowest BCUT2D eigenvalue weighted by Crippen LogP contribution is -1.93. The lowest BCUT2D eigenvalue weighted by Gasteiger charge is -2.04. The Morgan fingerprint density at radius 1 is 1.46 bits per heavy atom. The maximum atomic E-state index is 5.88. The summed E-state index contributed by atoms with van der Waals surface area (Å²) in [5, 5.41) is 0.639. The largest absolute Gasteiger partial charge is 0.397 e. The van der Waals surface area contributed by atoms with Crippen molar-refractivity contribution in [1.82, 2.24) is 0 Å². The average molecular weight is 196 g/mol. The van der Waals surface area contributed by atoms with Gasteiger partial charge in [0.2, 0.25) is 0 Å². The maximum Gasteiger partial charge on any atom is 0.0638 e. The Labute approximate surface area is 84.2 Å². The third-order valence-corrected chi connectivity index (χ3v) is 2.20. The first-order chi connectivity index (χ1) is 6.11. The molecule has 0 aliphatic carbocycles. The molecule has 0 radical (unpaired) electrons. The summed E-state index contributed by atoms with van der Waals surface area (Å²) in [5.41, 5.74) is 8.89. The number of allylic oxidation sites excluding steroid dienone is 2. The molecule has 1 aromatic rings. The lowest BCUT2D eigenvalue weighted by molar-refractivity contribution is 1.22. The minimum absolute atomic E-state index is 0.639. The molecule has 0 fully saturated rings. The maximum absolute atomic E-state index is 5.88. The van der Waals surface area contributed by atoms with Crippen LogP contribution in [-0.4, -0.2) is 0 Å². The fourth-order valence-electron chi connectivity index (χ4n) is 1.07. The number of hydrogen-bond donors (Lipinski definition) is 1. The summed E-state index contributed by atoms with van der Waals surface area (Å²) in [7, 11) is 0. The Morgan fingerprint density at radius 3 is 2.77 bits per heavy atom. The van der Waals surface area contributed by atoms with Crippen LogP contribution in [0.15, 0.2) is 29.8 Å². The first-order valence-corrected chi connectivity index (χ1v) is 4.65. The molecule has 1 rings (SSSR count). The van der Waals surface area contributed by atoms with Crippen molar-refractivity contribution in [2.45, 2.75) is 20.3 Å². The van der Waals surface area contributed by atoms with Crippen molar-refractivity contribution in [3.8, 4) is 0 Å². The van der Waals surface area contributed by atoms with Crippen LogP contribution in [-0.2, 0) is 6.42 Å². The highest BCUT2D eigenvalue weighted by Crippen LogP contribution is 2.23. The van der Waals surface area contributed by atoms with Crippen molar-refractivity contribution < 1.29 is 0 Å². The van der Waals surface area contributed by atoms with Crippen molar-refractivity contribution in [2.24, 2.45) is 0 Å². The van der Waals surface area contributed by atoms with E-state index >= 15 is 0 Å². The molecule has 70 valence electrons. The van der Waals surface area contributed by atoms with Gasteiger partial charge in [-0.15, -0.1) is 0 Å². The molecule has 0 heterocycles. The van der Waals surface area contributed by atoms with Crippen molar-refractivity contribution in [3.05, 3.63) is 40.4 Å². The van der Waals surface area contributed by atoms with Gasteiger partial charge in [0.15, 0.2) is 0 Å². The quantitative estimate of drug-likeness (QED) is 0.568. The van der Waals surface area contributed by atoms with E-state index in [0.29, 0.717) is 10.7 Å². The number of anilines is 1. The van der Waals surface area contributed by atoms with Gasteiger partial charge in [-0.25, -0.2) is 0 Å². The van der Waals surface area contributed by atoms with Gasteiger partial charge in [0.25, 0.3) is 0 Å². The van der Waals surface area contributed by atoms with E-state index in [1.54, 1.807) is 0 Å². The van der Waals surface area contributed by atoms with E-state index in [-0.39, 0.29) is 0 Å². The van der Waals surface area contributed by atoms with E-state index in [2.05, 4.69) is 19.9 Å². The van der Waals surface area contributed by atoms with Crippen molar-refractivity contribution in [3.63, 3.8) is 0 Å². The second-order valence-electron chi connectivity index (χ2n) is 3.30. The first-order valence-electron chi connectivity index (χ1n) is 4.27. The molecule has 2 N–H and O–H groups in total. The molecule has 0 amide bonds. The zero-order valence-electron chi connectivity index (χ0n) is 7.97.